The summed E-state index contributed by atoms with van der Waals surface area (Å²) >= 11 is 5.57. The lowest BCUT2D eigenvalue weighted by atomic mass is 10.1. The van der Waals surface area contributed by atoms with Crippen LogP contribution in [0.3, 0.4) is 0 Å². The summed E-state index contributed by atoms with van der Waals surface area (Å²) < 4.78 is 1.73. The van der Waals surface area contributed by atoms with Gasteiger partial charge >= 0.3 is 0 Å². The zero-order valence-corrected chi connectivity index (χ0v) is 7.05. The summed E-state index contributed by atoms with van der Waals surface area (Å²) in [6.07, 6.45) is 1.71. The van der Waals surface area contributed by atoms with Crippen molar-refractivity contribution in [3.05, 3.63) is 11.3 Å². The molecule has 0 unspecified atom stereocenters. The molecule has 4 heteroatoms. The third-order valence-corrected chi connectivity index (χ3v) is 1.33. The predicted octanol–water partition coefficient (Wildman–Crippen LogP) is 1.69. The molecule has 0 aliphatic carbocycles. The van der Waals surface area contributed by atoms with E-state index in [9.17, 15) is 0 Å². The molecule has 1 rings (SSSR count). The van der Waals surface area contributed by atoms with Crippen LogP contribution >= 0.6 is 11.6 Å². The molecule has 0 aliphatic rings. The van der Waals surface area contributed by atoms with Crippen LogP contribution in [-0.2, 0) is 5.54 Å². The van der Waals surface area contributed by atoms with Crippen LogP contribution < -0.4 is 0 Å². The van der Waals surface area contributed by atoms with Gasteiger partial charge in [0.15, 0.2) is 5.15 Å². The monoisotopic (exact) mass is 159 g/mol. The average molecular weight is 160 g/mol. The molecule has 0 saturated heterocycles. The van der Waals surface area contributed by atoms with Crippen LogP contribution in [-0.4, -0.2) is 15.0 Å². The third-order valence-electron chi connectivity index (χ3n) is 1.15. The van der Waals surface area contributed by atoms with Gasteiger partial charge in [-0.05, 0) is 20.8 Å². The first-order valence-corrected chi connectivity index (χ1v) is 3.46. The molecule has 1 aromatic rings. The molecule has 0 saturated carbocycles. The second kappa shape index (κ2) is 2.23. The van der Waals surface area contributed by atoms with Crippen molar-refractivity contribution in [2.75, 3.05) is 0 Å². The highest BCUT2D eigenvalue weighted by Crippen LogP contribution is 2.13. The lowest BCUT2D eigenvalue weighted by Gasteiger charge is -2.17. The highest BCUT2D eigenvalue weighted by molar-refractivity contribution is 6.29. The molecule has 0 spiro atoms. The molecule has 1 aromatic heterocycles. The minimum atomic E-state index is -0.0276. The Kier molecular flexibility index (Phi) is 1.68. The van der Waals surface area contributed by atoms with Crippen LogP contribution in [0.2, 0.25) is 5.15 Å². The Balaban J connectivity index is 2.96. The van der Waals surface area contributed by atoms with Gasteiger partial charge in [0.25, 0.3) is 0 Å². The zero-order chi connectivity index (χ0) is 7.78. The summed E-state index contributed by atoms with van der Waals surface area (Å²) in [6.45, 7) is 6.12. The molecule has 0 N–H and O–H groups in total. The lowest BCUT2D eigenvalue weighted by molar-refractivity contribution is 0.347. The van der Waals surface area contributed by atoms with Crippen LogP contribution in [0.4, 0.5) is 0 Å². The summed E-state index contributed by atoms with van der Waals surface area (Å²) in [5.41, 5.74) is -0.0276. The molecule has 56 valence electrons. The van der Waals surface area contributed by atoms with Crippen molar-refractivity contribution in [2.24, 2.45) is 0 Å². The first-order valence-electron chi connectivity index (χ1n) is 3.08. The number of aromatic nitrogens is 3. The van der Waals surface area contributed by atoms with E-state index in [1.165, 1.54) is 0 Å². The summed E-state index contributed by atoms with van der Waals surface area (Å²) in [6, 6.07) is 0. The number of hydrogen-bond donors (Lipinski definition) is 0. The smallest absolute Gasteiger partial charge is 0.171 e. The fraction of sp³-hybridized carbons (Fsp3) is 0.667. The van der Waals surface area contributed by atoms with Crippen molar-refractivity contribution in [3.63, 3.8) is 0 Å². The van der Waals surface area contributed by atoms with Gasteiger partial charge in [-0.3, -0.25) is 0 Å². The largest absolute Gasteiger partial charge is 0.246 e. The van der Waals surface area contributed by atoms with Gasteiger partial charge in [0.1, 0.15) is 0 Å². The first-order chi connectivity index (χ1) is 4.50. The first kappa shape index (κ1) is 7.54. The molecule has 1 heterocycles. The maximum absolute atomic E-state index is 5.57. The van der Waals surface area contributed by atoms with E-state index in [-0.39, 0.29) is 5.54 Å². The molecule has 0 amide bonds. The van der Waals surface area contributed by atoms with Gasteiger partial charge in [-0.2, -0.15) is 0 Å². The van der Waals surface area contributed by atoms with Gasteiger partial charge in [-0.1, -0.05) is 16.8 Å². The number of halogens is 1. The quantitative estimate of drug-likeness (QED) is 0.577. The predicted molar refractivity (Wildman–Crippen MR) is 40.0 cm³/mol. The maximum atomic E-state index is 5.57. The van der Waals surface area contributed by atoms with E-state index >= 15 is 0 Å². The minimum Gasteiger partial charge on any atom is -0.246 e. The normalized spacial score (nSPS) is 12.0. The van der Waals surface area contributed by atoms with Gasteiger partial charge < -0.3 is 0 Å². The van der Waals surface area contributed by atoms with Gasteiger partial charge in [-0.25, -0.2) is 4.68 Å². The second-order valence-corrected chi connectivity index (χ2v) is 3.54. The Hall–Kier alpha value is -0.570. The molecule has 0 aromatic carbocycles. The van der Waals surface area contributed by atoms with Crippen LogP contribution in [0.5, 0.6) is 0 Å². The van der Waals surface area contributed by atoms with Crippen molar-refractivity contribution in [1.29, 1.82) is 0 Å². The standard InChI is InChI=1S/C6H10ClN3/c1-6(2,3)10-4-5(7)8-9-10/h4H,1-3H3. The van der Waals surface area contributed by atoms with E-state index in [2.05, 4.69) is 10.3 Å². The van der Waals surface area contributed by atoms with Crippen LogP contribution in [0.25, 0.3) is 0 Å². The highest BCUT2D eigenvalue weighted by atomic mass is 35.5. The molecule has 0 aliphatic heterocycles. The minimum absolute atomic E-state index is 0.0276. The Morgan fingerprint density at radius 2 is 2.10 bits per heavy atom. The fourth-order valence-corrected chi connectivity index (χ4v) is 0.698. The van der Waals surface area contributed by atoms with Crippen molar-refractivity contribution in [3.8, 4) is 0 Å². The van der Waals surface area contributed by atoms with E-state index in [0.29, 0.717) is 5.15 Å². The molecule has 0 radical (unpaired) electrons. The van der Waals surface area contributed by atoms with Gasteiger partial charge in [-0.15, -0.1) is 5.10 Å². The molecule has 10 heavy (non-hydrogen) atoms. The number of nitrogens with zero attached hydrogens (tertiary/aromatic N) is 3. The summed E-state index contributed by atoms with van der Waals surface area (Å²) in [5, 5.41) is 7.92. The molecular formula is C6H10ClN3. The average Bonchev–Trinajstić information content (AvgIpc) is 2.11. The van der Waals surface area contributed by atoms with Crippen LogP contribution in [0, 0.1) is 0 Å². The third kappa shape index (κ3) is 1.48. The topological polar surface area (TPSA) is 30.7 Å². The zero-order valence-electron chi connectivity index (χ0n) is 6.30. The van der Waals surface area contributed by atoms with Crippen molar-refractivity contribution in [2.45, 2.75) is 26.3 Å². The van der Waals surface area contributed by atoms with Crippen LogP contribution in [0.15, 0.2) is 6.20 Å². The van der Waals surface area contributed by atoms with Crippen molar-refractivity contribution in [1.82, 2.24) is 15.0 Å². The van der Waals surface area contributed by atoms with E-state index in [1.54, 1.807) is 10.9 Å². The SMILES string of the molecule is CC(C)(C)n1cc(Cl)nn1. The summed E-state index contributed by atoms with van der Waals surface area (Å²) in [4.78, 5) is 0. The van der Waals surface area contributed by atoms with Gasteiger partial charge in [0.05, 0.1) is 11.7 Å². The van der Waals surface area contributed by atoms with Crippen LogP contribution in [0.1, 0.15) is 20.8 Å². The Morgan fingerprint density at radius 1 is 1.50 bits per heavy atom. The Morgan fingerprint density at radius 3 is 2.30 bits per heavy atom. The maximum Gasteiger partial charge on any atom is 0.171 e. The Bertz CT molecular complexity index is 223. The van der Waals surface area contributed by atoms with E-state index in [1.807, 2.05) is 20.8 Å². The summed E-state index contributed by atoms with van der Waals surface area (Å²) in [7, 11) is 0. The second-order valence-electron chi connectivity index (χ2n) is 3.16. The molecular weight excluding hydrogens is 150 g/mol. The lowest BCUT2D eigenvalue weighted by Crippen LogP contribution is -2.22. The molecule has 3 nitrogen and oxygen atoms in total. The van der Waals surface area contributed by atoms with Gasteiger partial charge in [0.2, 0.25) is 0 Å². The van der Waals surface area contributed by atoms with Gasteiger partial charge in [0, 0.05) is 0 Å². The highest BCUT2D eigenvalue weighted by Gasteiger charge is 2.13. The van der Waals surface area contributed by atoms with Crippen molar-refractivity contribution >= 4 is 11.6 Å². The van der Waals surface area contributed by atoms with E-state index in [0.717, 1.165) is 0 Å². The summed E-state index contributed by atoms with van der Waals surface area (Å²) in [5.74, 6) is 0. The Labute approximate surface area is 65.0 Å². The van der Waals surface area contributed by atoms with E-state index < -0.39 is 0 Å². The molecule has 0 atom stereocenters. The van der Waals surface area contributed by atoms with Crippen molar-refractivity contribution < 1.29 is 0 Å². The number of rotatable bonds is 0. The molecule has 0 fully saturated rings. The fourth-order valence-electron chi connectivity index (χ4n) is 0.571. The molecule has 0 bridgehead atoms. The number of hydrogen-bond acceptors (Lipinski definition) is 2. The van der Waals surface area contributed by atoms with E-state index in [4.69, 9.17) is 11.6 Å².